The second-order valence-corrected chi connectivity index (χ2v) is 5.06. The van der Waals surface area contributed by atoms with Crippen LogP contribution in [0.1, 0.15) is 23.6 Å². The molecule has 0 spiro atoms. The monoisotopic (exact) mass is 271 g/mol. The molecule has 104 valence electrons. The van der Waals surface area contributed by atoms with Crippen molar-refractivity contribution in [3.8, 4) is 11.1 Å². The van der Waals surface area contributed by atoms with E-state index in [-0.39, 0.29) is 5.82 Å². The van der Waals surface area contributed by atoms with Crippen molar-refractivity contribution >= 4 is 0 Å². The van der Waals surface area contributed by atoms with Crippen LogP contribution in [0.2, 0.25) is 0 Å². The smallest absolute Gasteiger partial charge is 0.123 e. The molecule has 0 fully saturated rings. The molecule has 1 heterocycles. The maximum absolute atomic E-state index is 13.6. The summed E-state index contributed by atoms with van der Waals surface area (Å²) in [7, 11) is 0. The number of hydrogen-bond acceptors (Lipinski definition) is 2. The molecule has 3 rings (SSSR count). The van der Waals surface area contributed by atoms with Crippen molar-refractivity contribution in [2.45, 2.75) is 26.7 Å². The lowest BCUT2D eigenvalue weighted by molar-refractivity contribution is 0.134. The van der Waals surface area contributed by atoms with E-state index in [0.29, 0.717) is 13.2 Å². The summed E-state index contributed by atoms with van der Waals surface area (Å²) in [6.45, 7) is 5.05. The molecule has 0 aromatic heterocycles. The van der Waals surface area contributed by atoms with Crippen molar-refractivity contribution < 1.29 is 9.13 Å². The Balaban J connectivity index is 2.01. The zero-order chi connectivity index (χ0) is 13.9. The van der Waals surface area contributed by atoms with Gasteiger partial charge in [0.2, 0.25) is 0 Å². The largest absolute Gasteiger partial charge is 0.372 e. The Kier molecular flexibility index (Phi) is 3.81. The van der Waals surface area contributed by atoms with Gasteiger partial charge in [-0.2, -0.15) is 0 Å². The summed E-state index contributed by atoms with van der Waals surface area (Å²) in [6.07, 6.45) is 0. The number of benzene rings is 2. The lowest BCUT2D eigenvalue weighted by atomic mass is 9.96. The first-order valence-corrected chi connectivity index (χ1v) is 6.97. The van der Waals surface area contributed by atoms with Gasteiger partial charge in [-0.15, -0.1) is 0 Å². The Hall–Kier alpha value is -1.71. The molecule has 1 N–H and O–H groups in total. The molecule has 3 heteroatoms. The minimum atomic E-state index is -0.197. The first kappa shape index (κ1) is 13.3. The van der Waals surface area contributed by atoms with Gasteiger partial charge in [-0.05, 0) is 52.6 Å². The molecule has 20 heavy (non-hydrogen) atoms. The van der Waals surface area contributed by atoms with E-state index in [9.17, 15) is 4.39 Å². The Bertz CT molecular complexity index is 624. The third-order valence-electron chi connectivity index (χ3n) is 3.67. The van der Waals surface area contributed by atoms with Gasteiger partial charge in [0, 0.05) is 6.54 Å². The van der Waals surface area contributed by atoms with E-state index in [4.69, 9.17) is 4.74 Å². The fraction of sp³-hybridized carbons (Fsp3) is 0.294. The van der Waals surface area contributed by atoms with Gasteiger partial charge in [0.25, 0.3) is 0 Å². The zero-order valence-electron chi connectivity index (χ0n) is 11.6. The minimum Gasteiger partial charge on any atom is -0.372 e. The molecular weight excluding hydrogens is 253 g/mol. The Morgan fingerprint density at radius 3 is 2.80 bits per heavy atom. The second kappa shape index (κ2) is 5.73. The molecule has 2 aromatic rings. The molecule has 0 unspecified atom stereocenters. The maximum atomic E-state index is 13.6. The topological polar surface area (TPSA) is 21.3 Å². The molecular formula is C17H18FNO. The van der Waals surface area contributed by atoms with Crippen LogP contribution < -0.4 is 5.32 Å². The quantitative estimate of drug-likeness (QED) is 0.916. The fourth-order valence-corrected chi connectivity index (χ4v) is 2.57. The lowest BCUT2D eigenvalue weighted by Gasteiger charge is -2.11. The summed E-state index contributed by atoms with van der Waals surface area (Å²) < 4.78 is 19.0. The van der Waals surface area contributed by atoms with Crippen molar-refractivity contribution in [2.24, 2.45) is 0 Å². The highest BCUT2D eigenvalue weighted by molar-refractivity contribution is 5.69. The van der Waals surface area contributed by atoms with E-state index in [2.05, 4.69) is 30.4 Å². The standard InChI is InChI=1S/C17H18FNO/c1-2-19-9-13-5-6-16(18)8-17(13)12-3-4-14-10-20-11-15(14)7-12/h3-8,19H,2,9-11H2,1H3. The lowest BCUT2D eigenvalue weighted by Crippen LogP contribution is -2.12. The van der Waals surface area contributed by atoms with Crippen LogP contribution in [-0.4, -0.2) is 6.54 Å². The summed E-state index contributed by atoms with van der Waals surface area (Å²) in [6, 6.07) is 11.2. The summed E-state index contributed by atoms with van der Waals surface area (Å²) in [4.78, 5) is 0. The highest BCUT2D eigenvalue weighted by Crippen LogP contribution is 2.29. The van der Waals surface area contributed by atoms with Gasteiger partial charge in [0.15, 0.2) is 0 Å². The molecule has 0 saturated heterocycles. The molecule has 0 aliphatic carbocycles. The summed E-state index contributed by atoms with van der Waals surface area (Å²) in [5.41, 5.74) is 5.58. The highest BCUT2D eigenvalue weighted by atomic mass is 19.1. The van der Waals surface area contributed by atoms with Crippen LogP contribution >= 0.6 is 0 Å². The second-order valence-electron chi connectivity index (χ2n) is 5.06. The summed E-state index contributed by atoms with van der Waals surface area (Å²) in [5, 5.41) is 3.30. The molecule has 0 atom stereocenters. The van der Waals surface area contributed by atoms with E-state index >= 15 is 0 Å². The van der Waals surface area contributed by atoms with Gasteiger partial charge in [-0.3, -0.25) is 0 Å². The SMILES string of the molecule is CCNCc1ccc(F)cc1-c1ccc2c(c1)COC2. The van der Waals surface area contributed by atoms with Gasteiger partial charge >= 0.3 is 0 Å². The summed E-state index contributed by atoms with van der Waals surface area (Å²) >= 11 is 0. The van der Waals surface area contributed by atoms with Crippen LogP contribution in [0.3, 0.4) is 0 Å². The third kappa shape index (κ3) is 2.60. The van der Waals surface area contributed by atoms with E-state index in [1.807, 2.05) is 6.07 Å². The predicted molar refractivity (Wildman–Crippen MR) is 77.7 cm³/mol. The Morgan fingerprint density at radius 2 is 1.95 bits per heavy atom. The fourth-order valence-electron chi connectivity index (χ4n) is 2.57. The molecule has 1 aliphatic heterocycles. The van der Waals surface area contributed by atoms with E-state index in [1.54, 1.807) is 6.07 Å². The minimum absolute atomic E-state index is 0.197. The van der Waals surface area contributed by atoms with E-state index < -0.39 is 0 Å². The van der Waals surface area contributed by atoms with Crippen LogP contribution in [0.25, 0.3) is 11.1 Å². The molecule has 2 aromatic carbocycles. The van der Waals surface area contributed by atoms with Gasteiger partial charge in [-0.25, -0.2) is 4.39 Å². The van der Waals surface area contributed by atoms with Gasteiger partial charge < -0.3 is 10.1 Å². The average Bonchev–Trinajstić information content (AvgIpc) is 2.93. The predicted octanol–water partition coefficient (Wildman–Crippen LogP) is 3.63. The normalized spacial score (nSPS) is 13.5. The van der Waals surface area contributed by atoms with Crippen molar-refractivity contribution in [3.63, 3.8) is 0 Å². The molecule has 0 radical (unpaired) electrons. The number of ether oxygens (including phenoxy) is 1. The van der Waals surface area contributed by atoms with Gasteiger partial charge in [-0.1, -0.05) is 25.1 Å². The van der Waals surface area contributed by atoms with Gasteiger partial charge in [0.1, 0.15) is 5.82 Å². The summed E-state index contributed by atoms with van der Waals surface area (Å²) in [5.74, 6) is -0.197. The first-order chi connectivity index (χ1) is 9.78. The molecule has 0 saturated carbocycles. The number of nitrogens with one attached hydrogen (secondary N) is 1. The highest BCUT2D eigenvalue weighted by Gasteiger charge is 2.13. The molecule has 0 bridgehead atoms. The van der Waals surface area contributed by atoms with E-state index in [0.717, 1.165) is 29.8 Å². The number of rotatable bonds is 4. The number of hydrogen-bond donors (Lipinski definition) is 1. The van der Waals surface area contributed by atoms with Crippen LogP contribution in [0, 0.1) is 5.82 Å². The van der Waals surface area contributed by atoms with Gasteiger partial charge in [0.05, 0.1) is 13.2 Å². The number of halogens is 1. The average molecular weight is 271 g/mol. The van der Waals surface area contributed by atoms with E-state index in [1.165, 1.54) is 17.2 Å². The first-order valence-electron chi connectivity index (χ1n) is 6.97. The molecule has 0 amide bonds. The Morgan fingerprint density at radius 1 is 1.10 bits per heavy atom. The Labute approximate surface area is 118 Å². The van der Waals surface area contributed by atoms with Crippen LogP contribution in [-0.2, 0) is 24.5 Å². The molecule has 1 aliphatic rings. The zero-order valence-corrected chi connectivity index (χ0v) is 11.6. The van der Waals surface area contributed by atoms with Crippen LogP contribution in [0.5, 0.6) is 0 Å². The van der Waals surface area contributed by atoms with Crippen molar-refractivity contribution in [3.05, 3.63) is 58.9 Å². The third-order valence-corrected chi connectivity index (χ3v) is 3.67. The van der Waals surface area contributed by atoms with Crippen molar-refractivity contribution in [1.82, 2.24) is 5.32 Å². The number of fused-ring (bicyclic) bond motifs is 1. The maximum Gasteiger partial charge on any atom is 0.123 e. The van der Waals surface area contributed by atoms with Crippen LogP contribution in [0.4, 0.5) is 4.39 Å². The van der Waals surface area contributed by atoms with Crippen molar-refractivity contribution in [1.29, 1.82) is 0 Å². The molecule has 2 nitrogen and oxygen atoms in total. The van der Waals surface area contributed by atoms with Crippen molar-refractivity contribution in [2.75, 3.05) is 6.54 Å². The van der Waals surface area contributed by atoms with Crippen LogP contribution in [0.15, 0.2) is 36.4 Å².